The van der Waals surface area contributed by atoms with Crippen molar-refractivity contribution < 1.29 is 14.0 Å². The van der Waals surface area contributed by atoms with Gasteiger partial charge in [-0.15, -0.1) is 0 Å². The Balaban J connectivity index is 3.10. The summed E-state index contributed by atoms with van der Waals surface area (Å²) in [6.07, 6.45) is 0.460. The first-order chi connectivity index (χ1) is 6.19. The number of rotatable bonds is 2. The fourth-order valence-corrected chi connectivity index (χ4v) is 1.01. The lowest BCUT2D eigenvalue weighted by atomic mass is 10.1. The molecule has 0 spiro atoms. The van der Waals surface area contributed by atoms with Crippen molar-refractivity contribution in [2.24, 2.45) is 5.16 Å². The monoisotopic (exact) mass is 185 g/mol. The van der Waals surface area contributed by atoms with Gasteiger partial charge >= 0.3 is 0 Å². The van der Waals surface area contributed by atoms with Gasteiger partial charge < -0.3 is 5.21 Å². The van der Waals surface area contributed by atoms with E-state index in [1.54, 1.807) is 6.92 Å². The summed E-state index contributed by atoms with van der Waals surface area (Å²) in [5.74, 6) is -1.84. The molecule has 0 radical (unpaired) electrons. The summed E-state index contributed by atoms with van der Waals surface area (Å²) >= 11 is 0. The first kappa shape index (κ1) is 9.64. The van der Waals surface area contributed by atoms with E-state index in [1.807, 2.05) is 0 Å². The maximum absolute atomic E-state index is 12.7. The van der Waals surface area contributed by atoms with Crippen LogP contribution < -0.4 is 0 Å². The number of benzene rings is 1. The zero-order chi connectivity index (χ0) is 9.84. The number of nitrogens with zero attached hydrogens (tertiary/aromatic N) is 1. The van der Waals surface area contributed by atoms with Crippen LogP contribution in [0.1, 0.15) is 18.9 Å². The Morgan fingerprint density at radius 2 is 2.08 bits per heavy atom. The van der Waals surface area contributed by atoms with Crippen LogP contribution in [-0.4, -0.2) is 10.9 Å². The van der Waals surface area contributed by atoms with Gasteiger partial charge in [0.05, 0.1) is 5.71 Å². The van der Waals surface area contributed by atoms with E-state index in [0.717, 1.165) is 12.1 Å². The molecule has 0 fully saturated rings. The Labute approximate surface area is 74.5 Å². The van der Waals surface area contributed by atoms with Gasteiger partial charge in [-0.25, -0.2) is 8.78 Å². The molecule has 0 saturated heterocycles. The topological polar surface area (TPSA) is 32.6 Å². The molecule has 0 heterocycles. The Morgan fingerprint density at radius 3 is 2.54 bits per heavy atom. The molecule has 0 amide bonds. The van der Waals surface area contributed by atoms with Crippen LogP contribution in [-0.2, 0) is 0 Å². The van der Waals surface area contributed by atoms with Crippen LogP contribution in [0.15, 0.2) is 23.4 Å². The van der Waals surface area contributed by atoms with Gasteiger partial charge in [0.15, 0.2) is 11.6 Å². The van der Waals surface area contributed by atoms with Crippen LogP contribution in [0.3, 0.4) is 0 Å². The largest absolute Gasteiger partial charge is 0.411 e. The molecule has 2 nitrogen and oxygen atoms in total. The minimum absolute atomic E-state index is 0.332. The summed E-state index contributed by atoms with van der Waals surface area (Å²) in [4.78, 5) is 0. The van der Waals surface area contributed by atoms with E-state index in [2.05, 4.69) is 5.16 Å². The van der Waals surface area contributed by atoms with E-state index in [0.29, 0.717) is 17.7 Å². The molecule has 1 N–H and O–H groups in total. The highest BCUT2D eigenvalue weighted by Crippen LogP contribution is 2.10. The molecule has 13 heavy (non-hydrogen) atoms. The van der Waals surface area contributed by atoms with E-state index in [9.17, 15) is 8.78 Å². The third kappa shape index (κ3) is 2.02. The van der Waals surface area contributed by atoms with Crippen LogP contribution >= 0.6 is 0 Å². The zero-order valence-corrected chi connectivity index (χ0v) is 7.09. The van der Waals surface area contributed by atoms with Crippen LogP contribution in [0.5, 0.6) is 0 Å². The second kappa shape index (κ2) is 3.98. The molecule has 0 saturated carbocycles. The van der Waals surface area contributed by atoms with Crippen molar-refractivity contribution in [1.82, 2.24) is 0 Å². The number of hydrogen-bond acceptors (Lipinski definition) is 2. The van der Waals surface area contributed by atoms with E-state index in [-0.39, 0.29) is 0 Å². The minimum Gasteiger partial charge on any atom is -0.411 e. The summed E-state index contributed by atoms with van der Waals surface area (Å²) in [5, 5.41) is 11.5. The third-order valence-corrected chi connectivity index (χ3v) is 1.71. The van der Waals surface area contributed by atoms with Crippen molar-refractivity contribution in [3.05, 3.63) is 35.4 Å². The van der Waals surface area contributed by atoms with Gasteiger partial charge in [0.25, 0.3) is 0 Å². The molecule has 0 bridgehead atoms. The zero-order valence-electron chi connectivity index (χ0n) is 7.09. The van der Waals surface area contributed by atoms with Crippen molar-refractivity contribution >= 4 is 5.71 Å². The third-order valence-electron chi connectivity index (χ3n) is 1.71. The summed E-state index contributed by atoms with van der Waals surface area (Å²) in [6.45, 7) is 1.76. The van der Waals surface area contributed by atoms with Crippen molar-refractivity contribution in [2.75, 3.05) is 0 Å². The Morgan fingerprint density at radius 1 is 1.38 bits per heavy atom. The maximum atomic E-state index is 12.7. The van der Waals surface area contributed by atoms with Gasteiger partial charge in [-0.3, -0.25) is 0 Å². The summed E-state index contributed by atoms with van der Waals surface area (Å²) in [5.41, 5.74) is 0.725. The molecule has 0 aliphatic rings. The van der Waals surface area contributed by atoms with Gasteiger partial charge in [-0.05, 0) is 24.6 Å². The maximum Gasteiger partial charge on any atom is 0.159 e. The second-order valence-corrected chi connectivity index (χ2v) is 2.53. The van der Waals surface area contributed by atoms with E-state index >= 15 is 0 Å². The average molecular weight is 185 g/mol. The molecule has 0 aromatic heterocycles. The van der Waals surface area contributed by atoms with Crippen molar-refractivity contribution in [3.63, 3.8) is 0 Å². The Hall–Kier alpha value is -1.45. The van der Waals surface area contributed by atoms with E-state index in [4.69, 9.17) is 5.21 Å². The highest BCUT2D eigenvalue weighted by Gasteiger charge is 2.06. The standard InChI is InChI=1S/C9H9F2NO/c1-2-9(12-13)6-3-4-7(10)8(11)5-6/h3-5,13H,2H2,1H3. The molecule has 1 rings (SSSR count). The molecular weight excluding hydrogens is 176 g/mol. The molecule has 0 aliphatic heterocycles. The smallest absolute Gasteiger partial charge is 0.159 e. The van der Waals surface area contributed by atoms with E-state index in [1.165, 1.54) is 6.07 Å². The molecule has 70 valence electrons. The van der Waals surface area contributed by atoms with Crippen LogP contribution in [0.2, 0.25) is 0 Å². The quantitative estimate of drug-likeness (QED) is 0.428. The van der Waals surface area contributed by atoms with Crippen LogP contribution in [0, 0.1) is 11.6 Å². The average Bonchev–Trinajstić information content (AvgIpc) is 2.13. The normalized spacial score (nSPS) is 11.8. The highest BCUT2D eigenvalue weighted by molar-refractivity contribution is 5.99. The minimum atomic E-state index is -0.938. The second-order valence-electron chi connectivity index (χ2n) is 2.53. The summed E-state index contributed by atoms with van der Waals surface area (Å²) in [7, 11) is 0. The predicted molar refractivity (Wildman–Crippen MR) is 45.0 cm³/mol. The molecule has 0 atom stereocenters. The number of oxime groups is 1. The molecule has 0 aliphatic carbocycles. The highest BCUT2D eigenvalue weighted by atomic mass is 19.2. The molecular formula is C9H9F2NO. The summed E-state index contributed by atoms with van der Waals surface area (Å²) < 4.78 is 25.2. The molecule has 1 aromatic rings. The van der Waals surface area contributed by atoms with Crippen molar-refractivity contribution in [1.29, 1.82) is 0 Å². The lowest BCUT2D eigenvalue weighted by molar-refractivity contribution is 0.318. The lowest BCUT2D eigenvalue weighted by Crippen LogP contribution is -2.00. The fraction of sp³-hybridized carbons (Fsp3) is 0.222. The van der Waals surface area contributed by atoms with Crippen LogP contribution in [0.25, 0.3) is 0 Å². The van der Waals surface area contributed by atoms with Gasteiger partial charge in [-0.2, -0.15) is 0 Å². The molecule has 1 aromatic carbocycles. The predicted octanol–water partition coefficient (Wildman–Crippen LogP) is 2.55. The number of hydrogen-bond donors (Lipinski definition) is 1. The Kier molecular flexibility index (Phi) is 2.95. The number of halogens is 2. The summed E-state index contributed by atoms with van der Waals surface area (Å²) in [6, 6.07) is 3.39. The SMILES string of the molecule is CCC(=NO)c1ccc(F)c(F)c1. The van der Waals surface area contributed by atoms with Gasteiger partial charge in [0.1, 0.15) is 0 Å². The molecule has 0 unspecified atom stereocenters. The van der Waals surface area contributed by atoms with E-state index < -0.39 is 11.6 Å². The Bertz CT molecular complexity index is 336. The van der Waals surface area contributed by atoms with Gasteiger partial charge in [0, 0.05) is 5.56 Å². The fourth-order valence-electron chi connectivity index (χ4n) is 1.01. The van der Waals surface area contributed by atoms with Crippen molar-refractivity contribution in [3.8, 4) is 0 Å². The lowest BCUT2D eigenvalue weighted by Gasteiger charge is -2.01. The van der Waals surface area contributed by atoms with Gasteiger partial charge in [0.2, 0.25) is 0 Å². The molecule has 4 heteroatoms. The first-order valence-corrected chi connectivity index (χ1v) is 3.85. The van der Waals surface area contributed by atoms with Gasteiger partial charge in [-0.1, -0.05) is 12.1 Å². The van der Waals surface area contributed by atoms with Crippen molar-refractivity contribution in [2.45, 2.75) is 13.3 Å². The van der Waals surface area contributed by atoms with Crippen LogP contribution in [0.4, 0.5) is 8.78 Å². The first-order valence-electron chi connectivity index (χ1n) is 3.85.